The molecule has 0 unspecified atom stereocenters. The zero-order valence-electron chi connectivity index (χ0n) is 10.0. The van der Waals surface area contributed by atoms with Gasteiger partial charge in [-0.1, -0.05) is 17.7 Å². The molecule has 1 aromatic heterocycles. The van der Waals surface area contributed by atoms with Crippen LogP contribution in [0.25, 0.3) is 0 Å². The van der Waals surface area contributed by atoms with Crippen molar-refractivity contribution < 1.29 is 14.4 Å². The van der Waals surface area contributed by atoms with Crippen LogP contribution in [-0.2, 0) is 0 Å². The summed E-state index contributed by atoms with van der Waals surface area (Å²) < 4.78 is 10.9. The summed E-state index contributed by atoms with van der Waals surface area (Å²) in [5.41, 5.74) is -0.212. The van der Waals surface area contributed by atoms with Crippen LogP contribution in [0.1, 0.15) is 0 Å². The lowest BCUT2D eigenvalue weighted by molar-refractivity contribution is -0.385. The van der Waals surface area contributed by atoms with Gasteiger partial charge in [0.15, 0.2) is 5.15 Å². The molecule has 104 valence electrons. The van der Waals surface area contributed by atoms with E-state index in [1.165, 1.54) is 25.6 Å². The van der Waals surface area contributed by atoms with Gasteiger partial charge in [0.1, 0.15) is 6.33 Å². The lowest BCUT2D eigenvalue weighted by Gasteiger charge is -2.10. The average molecular weight is 361 g/mol. The molecule has 0 aliphatic rings. The molecule has 0 saturated carbocycles. The van der Waals surface area contributed by atoms with Gasteiger partial charge in [-0.05, 0) is 22.0 Å². The summed E-state index contributed by atoms with van der Waals surface area (Å²) in [4.78, 5) is 18.0. The molecule has 0 radical (unpaired) electrons. The van der Waals surface area contributed by atoms with Gasteiger partial charge in [-0.2, -0.15) is 4.98 Å². The molecule has 0 spiro atoms. The molecule has 0 amide bonds. The van der Waals surface area contributed by atoms with Gasteiger partial charge >= 0.3 is 5.69 Å². The third-order valence-electron chi connectivity index (χ3n) is 2.27. The Morgan fingerprint density at radius 1 is 1.35 bits per heavy atom. The summed E-state index contributed by atoms with van der Waals surface area (Å²) >= 11 is 9.03. The van der Waals surface area contributed by atoms with Crippen molar-refractivity contribution in [3.8, 4) is 17.4 Å². The van der Waals surface area contributed by atoms with Crippen LogP contribution < -0.4 is 9.47 Å². The second kappa shape index (κ2) is 6.02. The minimum Gasteiger partial charge on any atom is -0.489 e. The van der Waals surface area contributed by atoms with Gasteiger partial charge in [0.2, 0.25) is 11.5 Å². The molecule has 1 aromatic carbocycles. The van der Waals surface area contributed by atoms with Crippen LogP contribution in [0, 0.1) is 10.1 Å². The lowest BCUT2D eigenvalue weighted by atomic mass is 10.3. The fourth-order valence-corrected chi connectivity index (χ4v) is 2.06. The zero-order valence-corrected chi connectivity index (χ0v) is 12.4. The van der Waals surface area contributed by atoms with E-state index in [1.54, 1.807) is 6.07 Å². The SMILES string of the molecule is COc1c(Cl)ncnc1Oc1c(Br)cccc1[N+](=O)[O-]. The highest BCUT2D eigenvalue weighted by atomic mass is 79.9. The number of rotatable bonds is 4. The van der Waals surface area contributed by atoms with Crippen molar-refractivity contribution in [1.82, 2.24) is 9.97 Å². The number of halogens is 2. The Morgan fingerprint density at radius 2 is 2.10 bits per heavy atom. The first-order chi connectivity index (χ1) is 9.54. The van der Waals surface area contributed by atoms with Crippen LogP contribution in [-0.4, -0.2) is 22.0 Å². The first-order valence-electron chi connectivity index (χ1n) is 5.19. The number of ether oxygens (including phenoxy) is 2. The van der Waals surface area contributed by atoms with Gasteiger partial charge in [-0.25, -0.2) is 4.98 Å². The number of aromatic nitrogens is 2. The predicted molar refractivity (Wildman–Crippen MR) is 74.5 cm³/mol. The van der Waals surface area contributed by atoms with Crippen LogP contribution in [0.5, 0.6) is 17.4 Å². The van der Waals surface area contributed by atoms with Gasteiger partial charge < -0.3 is 9.47 Å². The van der Waals surface area contributed by atoms with Crippen molar-refractivity contribution in [3.63, 3.8) is 0 Å². The van der Waals surface area contributed by atoms with Crippen LogP contribution in [0.4, 0.5) is 5.69 Å². The molecular formula is C11H7BrClN3O4. The summed E-state index contributed by atoms with van der Waals surface area (Å²) in [6.07, 6.45) is 1.17. The molecule has 20 heavy (non-hydrogen) atoms. The molecule has 0 aliphatic carbocycles. The molecule has 0 atom stereocenters. The van der Waals surface area contributed by atoms with Gasteiger partial charge in [-0.3, -0.25) is 10.1 Å². The molecular weight excluding hydrogens is 353 g/mol. The number of benzene rings is 1. The lowest BCUT2D eigenvalue weighted by Crippen LogP contribution is -1.99. The molecule has 0 fully saturated rings. The molecule has 0 aliphatic heterocycles. The average Bonchev–Trinajstić information content (AvgIpc) is 2.41. The quantitative estimate of drug-likeness (QED) is 0.470. The normalized spacial score (nSPS) is 10.2. The molecule has 7 nitrogen and oxygen atoms in total. The van der Waals surface area contributed by atoms with E-state index >= 15 is 0 Å². The first-order valence-corrected chi connectivity index (χ1v) is 6.37. The van der Waals surface area contributed by atoms with E-state index in [2.05, 4.69) is 25.9 Å². The highest BCUT2D eigenvalue weighted by Crippen LogP contribution is 2.41. The van der Waals surface area contributed by atoms with Crippen LogP contribution in [0.3, 0.4) is 0 Å². The van der Waals surface area contributed by atoms with Crippen molar-refractivity contribution in [2.45, 2.75) is 0 Å². The second-order valence-corrected chi connectivity index (χ2v) is 4.66. The summed E-state index contributed by atoms with van der Waals surface area (Å²) in [6, 6.07) is 4.45. The number of para-hydroxylation sites is 1. The van der Waals surface area contributed by atoms with Crippen LogP contribution in [0.15, 0.2) is 29.0 Å². The number of hydrogen-bond acceptors (Lipinski definition) is 6. The minimum absolute atomic E-state index is 0.00515. The van der Waals surface area contributed by atoms with Crippen molar-refractivity contribution >= 4 is 33.2 Å². The Bertz CT molecular complexity index is 668. The molecule has 2 aromatic rings. The third kappa shape index (κ3) is 2.81. The van der Waals surface area contributed by atoms with Crippen molar-refractivity contribution in [2.75, 3.05) is 7.11 Å². The first kappa shape index (κ1) is 14.5. The standard InChI is InChI=1S/C11H7BrClN3O4/c1-19-9-10(13)14-5-15-11(9)20-8-6(12)3-2-4-7(8)16(17)18/h2-5H,1H3. The molecule has 9 heteroatoms. The zero-order chi connectivity index (χ0) is 14.7. The Labute approximate surface area is 126 Å². The van der Waals surface area contributed by atoms with E-state index in [0.717, 1.165) is 0 Å². The Morgan fingerprint density at radius 3 is 2.75 bits per heavy atom. The molecule has 2 rings (SSSR count). The van der Waals surface area contributed by atoms with Crippen LogP contribution in [0.2, 0.25) is 5.15 Å². The maximum absolute atomic E-state index is 11.0. The smallest absolute Gasteiger partial charge is 0.312 e. The summed E-state index contributed by atoms with van der Waals surface area (Å²) in [7, 11) is 1.37. The largest absolute Gasteiger partial charge is 0.489 e. The number of nitro groups is 1. The highest BCUT2D eigenvalue weighted by Gasteiger charge is 2.22. The van der Waals surface area contributed by atoms with Gasteiger partial charge in [0.25, 0.3) is 5.88 Å². The second-order valence-electron chi connectivity index (χ2n) is 3.45. The van der Waals surface area contributed by atoms with E-state index in [0.29, 0.717) is 4.47 Å². The Balaban J connectivity index is 2.50. The number of nitro benzene ring substituents is 1. The number of nitrogens with zero attached hydrogens (tertiary/aromatic N) is 3. The van der Waals surface area contributed by atoms with Gasteiger partial charge in [0.05, 0.1) is 16.5 Å². The Hall–Kier alpha value is -1.93. The van der Waals surface area contributed by atoms with E-state index < -0.39 is 4.92 Å². The summed E-state index contributed by atoms with van der Waals surface area (Å²) in [5.74, 6) is 0.0901. The maximum atomic E-state index is 11.0. The van der Waals surface area contributed by atoms with Crippen molar-refractivity contribution in [1.29, 1.82) is 0 Å². The van der Waals surface area contributed by atoms with E-state index in [4.69, 9.17) is 21.1 Å². The van der Waals surface area contributed by atoms with Crippen LogP contribution >= 0.6 is 27.5 Å². The van der Waals surface area contributed by atoms with Crippen molar-refractivity contribution in [3.05, 3.63) is 44.3 Å². The molecule has 0 N–H and O–H groups in total. The van der Waals surface area contributed by atoms with Gasteiger partial charge in [0, 0.05) is 6.07 Å². The molecule has 0 bridgehead atoms. The van der Waals surface area contributed by atoms with E-state index in [9.17, 15) is 10.1 Å². The van der Waals surface area contributed by atoms with Gasteiger partial charge in [-0.15, -0.1) is 0 Å². The fraction of sp³-hybridized carbons (Fsp3) is 0.0909. The maximum Gasteiger partial charge on any atom is 0.312 e. The summed E-state index contributed by atoms with van der Waals surface area (Å²) in [6.45, 7) is 0. The number of hydrogen-bond donors (Lipinski definition) is 0. The topological polar surface area (TPSA) is 87.4 Å². The molecule has 0 saturated heterocycles. The molecule has 1 heterocycles. The Kier molecular flexibility index (Phi) is 4.35. The third-order valence-corrected chi connectivity index (χ3v) is 3.17. The highest BCUT2D eigenvalue weighted by molar-refractivity contribution is 9.10. The van der Waals surface area contributed by atoms with E-state index in [-0.39, 0.29) is 28.2 Å². The monoisotopic (exact) mass is 359 g/mol. The van der Waals surface area contributed by atoms with Crippen molar-refractivity contribution in [2.24, 2.45) is 0 Å². The number of methoxy groups -OCH3 is 1. The fourth-order valence-electron chi connectivity index (χ4n) is 1.42. The predicted octanol–water partition coefficient (Wildman–Crippen LogP) is 3.60. The minimum atomic E-state index is -0.560. The van der Waals surface area contributed by atoms with E-state index in [1.807, 2.05) is 0 Å². The summed E-state index contributed by atoms with van der Waals surface area (Å²) in [5, 5.41) is 11.0.